The number of aliphatic hydroxyl groups excluding tert-OH is 1. The third kappa shape index (κ3) is 2.98. The van der Waals surface area contributed by atoms with Crippen LogP contribution in [-0.2, 0) is 11.2 Å². The SMILES string of the molecule is CC.COc1ccc(CC2CC3(CO)CCCN3C2=O)cc1. The van der Waals surface area contributed by atoms with Crippen molar-refractivity contribution in [3.8, 4) is 5.75 Å². The summed E-state index contributed by atoms with van der Waals surface area (Å²) < 4.78 is 5.15. The van der Waals surface area contributed by atoms with E-state index in [1.54, 1.807) is 7.11 Å². The van der Waals surface area contributed by atoms with Gasteiger partial charge >= 0.3 is 0 Å². The van der Waals surface area contributed by atoms with E-state index in [0.717, 1.165) is 43.5 Å². The highest BCUT2D eigenvalue weighted by molar-refractivity contribution is 5.83. The van der Waals surface area contributed by atoms with Gasteiger partial charge in [0.15, 0.2) is 0 Å². The number of hydrogen-bond donors (Lipinski definition) is 1. The molecule has 0 aliphatic carbocycles. The van der Waals surface area contributed by atoms with Crippen LogP contribution in [0.25, 0.3) is 0 Å². The summed E-state index contributed by atoms with van der Waals surface area (Å²) in [6, 6.07) is 7.89. The van der Waals surface area contributed by atoms with Crippen LogP contribution in [0.15, 0.2) is 24.3 Å². The fourth-order valence-electron chi connectivity index (χ4n) is 3.70. The fourth-order valence-corrected chi connectivity index (χ4v) is 3.70. The molecule has 2 saturated heterocycles. The van der Waals surface area contributed by atoms with E-state index in [2.05, 4.69) is 0 Å². The number of hydrogen-bond acceptors (Lipinski definition) is 3. The zero-order chi connectivity index (χ0) is 16.2. The summed E-state index contributed by atoms with van der Waals surface area (Å²) in [4.78, 5) is 14.4. The Kier molecular flexibility index (Phi) is 5.46. The molecule has 1 aromatic rings. The number of rotatable bonds is 4. The molecule has 0 saturated carbocycles. The van der Waals surface area contributed by atoms with Gasteiger partial charge in [-0.15, -0.1) is 0 Å². The highest BCUT2D eigenvalue weighted by Gasteiger charge is 2.52. The largest absolute Gasteiger partial charge is 0.497 e. The fraction of sp³-hybridized carbons (Fsp3) is 0.611. The van der Waals surface area contributed by atoms with Crippen LogP contribution in [0.3, 0.4) is 0 Å². The van der Waals surface area contributed by atoms with Crippen molar-refractivity contribution in [2.24, 2.45) is 5.92 Å². The summed E-state index contributed by atoms with van der Waals surface area (Å²) in [6.07, 6.45) is 3.49. The number of nitrogens with zero attached hydrogens (tertiary/aromatic N) is 1. The summed E-state index contributed by atoms with van der Waals surface area (Å²) in [5.74, 6) is 1.06. The van der Waals surface area contributed by atoms with Gasteiger partial charge in [-0.3, -0.25) is 4.79 Å². The van der Waals surface area contributed by atoms with E-state index in [9.17, 15) is 9.90 Å². The predicted octanol–water partition coefficient (Wildman–Crippen LogP) is 2.64. The Labute approximate surface area is 133 Å². The molecule has 2 heterocycles. The Balaban J connectivity index is 0.000000847. The maximum Gasteiger partial charge on any atom is 0.226 e. The van der Waals surface area contributed by atoms with Crippen molar-refractivity contribution in [3.05, 3.63) is 29.8 Å². The van der Waals surface area contributed by atoms with Gasteiger partial charge in [-0.05, 0) is 43.4 Å². The molecule has 2 atom stereocenters. The van der Waals surface area contributed by atoms with E-state index in [-0.39, 0.29) is 24.0 Å². The van der Waals surface area contributed by atoms with E-state index in [1.165, 1.54) is 0 Å². The van der Waals surface area contributed by atoms with Gasteiger partial charge in [-0.1, -0.05) is 26.0 Å². The molecule has 0 aromatic heterocycles. The average Bonchev–Trinajstić information content (AvgIpc) is 3.10. The van der Waals surface area contributed by atoms with Crippen molar-refractivity contribution < 1.29 is 14.6 Å². The Morgan fingerprint density at radius 3 is 2.55 bits per heavy atom. The first-order chi connectivity index (χ1) is 10.7. The molecule has 0 spiro atoms. The van der Waals surface area contributed by atoms with Crippen LogP contribution >= 0.6 is 0 Å². The molecule has 2 aliphatic rings. The van der Waals surface area contributed by atoms with E-state index in [0.29, 0.717) is 0 Å². The molecule has 1 N–H and O–H groups in total. The first-order valence-electron chi connectivity index (χ1n) is 8.24. The van der Waals surface area contributed by atoms with Crippen molar-refractivity contribution in [1.82, 2.24) is 4.90 Å². The van der Waals surface area contributed by atoms with E-state index in [4.69, 9.17) is 4.74 Å². The minimum absolute atomic E-state index is 0.0100. The second-order valence-electron chi connectivity index (χ2n) is 5.93. The number of fused-ring (bicyclic) bond motifs is 1. The van der Waals surface area contributed by atoms with Gasteiger partial charge in [0, 0.05) is 12.5 Å². The minimum Gasteiger partial charge on any atom is -0.497 e. The highest BCUT2D eigenvalue weighted by atomic mass is 16.5. The van der Waals surface area contributed by atoms with Crippen LogP contribution in [0.5, 0.6) is 5.75 Å². The molecule has 0 radical (unpaired) electrons. The average molecular weight is 305 g/mol. The molecule has 2 fully saturated rings. The van der Waals surface area contributed by atoms with Gasteiger partial charge in [0.05, 0.1) is 19.3 Å². The summed E-state index contributed by atoms with van der Waals surface area (Å²) in [6.45, 7) is 4.90. The normalized spacial score (nSPS) is 26.5. The molecular formula is C18H27NO3. The zero-order valence-electron chi connectivity index (χ0n) is 13.8. The van der Waals surface area contributed by atoms with Crippen LogP contribution in [0.4, 0.5) is 0 Å². The lowest BCUT2D eigenvalue weighted by atomic mass is 9.87. The van der Waals surface area contributed by atoms with Gasteiger partial charge < -0.3 is 14.7 Å². The van der Waals surface area contributed by atoms with Crippen molar-refractivity contribution in [2.75, 3.05) is 20.3 Å². The first kappa shape index (κ1) is 16.8. The van der Waals surface area contributed by atoms with Gasteiger partial charge in [-0.25, -0.2) is 0 Å². The number of aliphatic hydroxyl groups is 1. The summed E-state index contributed by atoms with van der Waals surface area (Å²) in [5, 5.41) is 9.69. The summed E-state index contributed by atoms with van der Waals surface area (Å²) in [5.41, 5.74) is 0.882. The molecule has 4 nitrogen and oxygen atoms in total. The third-order valence-corrected chi connectivity index (χ3v) is 4.77. The predicted molar refractivity (Wildman–Crippen MR) is 86.9 cm³/mol. The molecule has 1 aromatic carbocycles. The smallest absolute Gasteiger partial charge is 0.226 e. The first-order valence-corrected chi connectivity index (χ1v) is 8.24. The minimum atomic E-state index is -0.270. The standard InChI is InChI=1S/C16H21NO3.C2H6/c1-20-14-5-3-12(4-6-14)9-13-10-16(11-18)7-2-8-17(16)15(13)19;1-2/h3-6,13,18H,2,7-11H2,1H3;1-2H3. The lowest BCUT2D eigenvalue weighted by molar-refractivity contribution is -0.133. The molecule has 1 amide bonds. The molecule has 4 heteroatoms. The van der Waals surface area contributed by atoms with Crippen molar-refractivity contribution in [1.29, 1.82) is 0 Å². The number of amides is 1. The monoisotopic (exact) mass is 305 g/mol. The molecule has 3 rings (SSSR count). The van der Waals surface area contributed by atoms with Crippen molar-refractivity contribution in [2.45, 2.75) is 45.1 Å². The van der Waals surface area contributed by atoms with Crippen LogP contribution in [0.1, 0.15) is 38.7 Å². The van der Waals surface area contributed by atoms with Gasteiger partial charge in [0.25, 0.3) is 0 Å². The van der Waals surface area contributed by atoms with Crippen LogP contribution < -0.4 is 4.74 Å². The van der Waals surface area contributed by atoms with Crippen molar-refractivity contribution >= 4 is 5.91 Å². The Morgan fingerprint density at radius 2 is 2.00 bits per heavy atom. The van der Waals surface area contributed by atoms with Crippen molar-refractivity contribution in [3.63, 3.8) is 0 Å². The molecule has 22 heavy (non-hydrogen) atoms. The quantitative estimate of drug-likeness (QED) is 0.930. The Hall–Kier alpha value is -1.55. The molecule has 2 unspecified atom stereocenters. The maximum absolute atomic E-state index is 12.5. The Bertz CT molecular complexity index is 500. The summed E-state index contributed by atoms with van der Waals surface area (Å²) in [7, 11) is 1.65. The molecule has 2 aliphatic heterocycles. The van der Waals surface area contributed by atoms with E-state index in [1.807, 2.05) is 43.0 Å². The molecule has 122 valence electrons. The number of carbonyl (C=O) groups is 1. The topological polar surface area (TPSA) is 49.8 Å². The number of methoxy groups -OCH3 is 1. The second kappa shape index (κ2) is 7.14. The maximum atomic E-state index is 12.5. The third-order valence-electron chi connectivity index (χ3n) is 4.77. The van der Waals surface area contributed by atoms with Crippen LogP contribution in [-0.4, -0.2) is 41.7 Å². The van der Waals surface area contributed by atoms with E-state index >= 15 is 0 Å². The van der Waals surface area contributed by atoms with Crippen LogP contribution in [0.2, 0.25) is 0 Å². The van der Waals surface area contributed by atoms with Gasteiger partial charge in [0.2, 0.25) is 5.91 Å². The number of benzene rings is 1. The van der Waals surface area contributed by atoms with Crippen LogP contribution in [0, 0.1) is 5.92 Å². The lowest BCUT2D eigenvalue weighted by Crippen LogP contribution is -2.43. The number of ether oxygens (including phenoxy) is 1. The highest BCUT2D eigenvalue weighted by Crippen LogP contribution is 2.43. The molecular weight excluding hydrogens is 278 g/mol. The van der Waals surface area contributed by atoms with Gasteiger partial charge in [-0.2, -0.15) is 0 Å². The molecule has 0 bridgehead atoms. The second-order valence-corrected chi connectivity index (χ2v) is 5.93. The Morgan fingerprint density at radius 1 is 1.32 bits per heavy atom. The lowest BCUT2D eigenvalue weighted by Gasteiger charge is -2.29. The van der Waals surface area contributed by atoms with E-state index < -0.39 is 0 Å². The number of carbonyl (C=O) groups excluding carboxylic acids is 1. The zero-order valence-corrected chi connectivity index (χ0v) is 13.8. The van der Waals surface area contributed by atoms with Gasteiger partial charge in [0.1, 0.15) is 5.75 Å². The summed E-state index contributed by atoms with van der Waals surface area (Å²) >= 11 is 0.